The van der Waals surface area contributed by atoms with Gasteiger partial charge < -0.3 is 15.1 Å². The van der Waals surface area contributed by atoms with Gasteiger partial charge in [-0.2, -0.15) is 0 Å². The van der Waals surface area contributed by atoms with Crippen molar-refractivity contribution in [2.24, 2.45) is 0 Å². The van der Waals surface area contributed by atoms with Gasteiger partial charge in [0.05, 0.1) is 22.5 Å². The smallest absolute Gasteiger partial charge is 0.240 e. The van der Waals surface area contributed by atoms with Crippen molar-refractivity contribution in [3.63, 3.8) is 0 Å². The van der Waals surface area contributed by atoms with Crippen LogP contribution in [0.5, 0.6) is 0 Å². The van der Waals surface area contributed by atoms with Gasteiger partial charge in [0.25, 0.3) is 0 Å². The molecule has 0 atom stereocenters. The van der Waals surface area contributed by atoms with Gasteiger partial charge in [-0.25, -0.2) is 13.1 Å². The maximum absolute atomic E-state index is 11.9. The highest BCUT2D eigenvalue weighted by atomic mass is 32.2. The average molecular weight is 309 g/mol. The van der Waals surface area contributed by atoms with E-state index in [1.54, 1.807) is 18.4 Å². The van der Waals surface area contributed by atoms with Crippen molar-refractivity contribution in [3.05, 3.63) is 41.9 Å². The SMILES string of the molecule is CNS(=O)(=O)c1ccc(N)c(N(C)Cc2ccoc2C)c1. The van der Waals surface area contributed by atoms with Gasteiger partial charge in [-0.3, -0.25) is 0 Å². The Labute approximate surface area is 124 Å². The Morgan fingerprint density at radius 1 is 1.33 bits per heavy atom. The summed E-state index contributed by atoms with van der Waals surface area (Å²) < 4.78 is 31.3. The van der Waals surface area contributed by atoms with E-state index in [2.05, 4.69) is 4.72 Å². The number of furan rings is 1. The topological polar surface area (TPSA) is 88.6 Å². The van der Waals surface area contributed by atoms with E-state index < -0.39 is 10.0 Å². The first-order valence-corrected chi connectivity index (χ1v) is 7.90. The third-order valence-electron chi connectivity index (χ3n) is 3.37. The molecule has 3 N–H and O–H groups in total. The first kappa shape index (κ1) is 15.4. The van der Waals surface area contributed by atoms with Crippen LogP contribution in [0.4, 0.5) is 11.4 Å². The fraction of sp³-hybridized carbons (Fsp3) is 0.286. The van der Waals surface area contributed by atoms with Crippen LogP contribution in [0.15, 0.2) is 39.8 Å². The Kier molecular flexibility index (Phi) is 4.24. The van der Waals surface area contributed by atoms with Gasteiger partial charge in [0.15, 0.2) is 0 Å². The van der Waals surface area contributed by atoms with E-state index in [1.165, 1.54) is 13.1 Å². The average Bonchev–Trinajstić information content (AvgIpc) is 2.84. The Hall–Kier alpha value is -1.99. The molecule has 0 aliphatic rings. The molecule has 0 aliphatic carbocycles. The van der Waals surface area contributed by atoms with Crippen molar-refractivity contribution < 1.29 is 12.8 Å². The lowest BCUT2D eigenvalue weighted by Gasteiger charge is -2.21. The normalized spacial score (nSPS) is 11.6. The van der Waals surface area contributed by atoms with Crippen LogP contribution in [0, 0.1) is 6.92 Å². The summed E-state index contributed by atoms with van der Waals surface area (Å²) in [5.41, 5.74) is 8.17. The Bertz CT molecular complexity index is 738. The molecule has 21 heavy (non-hydrogen) atoms. The summed E-state index contributed by atoms with van der Waals surface area (Å²) in [5, 5.41) is 0. The second-order valence-electron chi connectivity index (χ2n) is 4.79. The van der Waals surface area contributed by atoms with Crippen LogP contribution in [0.3, 0.4) is 0 Å². The van der Waals surface area contributed by atoms with Gasteiger partial charge in [-0.15, -0.1) is 0 Å². The fourth-order valence-corrected chi connectivity index (χ4v) is 2.80. The van der Waals surface area contributed by atoms with E-state index in [9.17, 15) is 8.42 Å². The first-order valence-electron chi connectivity index (χ1n) is 6.42. The number of hydrogen-bond acceptors (Lipinski definition) is 5. The van der Waals surface area contributed by atoms with Gasteiger partial charge in [0.1, 0.15) is 5.76 Å². The van der Waals surface area contributed by atoms with E-state index in [0.717, 1.165) is 11.3 Å². The lowest BCUT2D eigenvalue weighted by molar-refractivity contribution is 0.529. The summed E-state index contributed by atoms with van der Waals surface area (Å²) in [6, 6.07) is 6.53. The van der Waals surface area contributed by atoms with Crippen LogP contribution in [0.2, 0.25) is 0 Å². The summed E-state index contributed by atoms with van der Waals surface area (Å²) in [4.78, 5) is 2.08. The number of anilines is 2. The van der Waals surface area contributed by atoms with Gasteiger partial charge in [0, 0.05) is 19.2 Å². The third-order valence-corrected chi connectivity index (χ3v) is 4.78. The summed E-state index contributed by atoms with van der Waals surface area (Å²) in [6.45, 7) is 2.46. The molecule has 1 aromatic heterocycles. The molecule has 2 aromatic rings. The molecule has 0 radical (unpaired) electrons. The molecule has 1 aromatic carbocycles. The zero-order chi connectivity index (χ0) is 15.6. The predicted octanol–water partition coefficient (Wildman–Crippen LogP) is 1.71. The molecular weight excluding hydrogens is 290 g/mol. The molecule has 0 fully saturated rings. The number of rotatable bonds is 5. The summed E-state index contributed by atoms with van der Waals surface area (Å²) in [6.07, 6.45) is 1.63. The molecule has 0 unspecified atom stereocenters. The molecule has 0 amide bonds. The Morgan fingerprint density at radius 2 is 2.05 bits per heavy atom. The van der Waals surface area contributed by atoms with Crippen LogP contribution < -0.4 is 15.4 Å². The number of hydrogen-bond donors (Lipinski definition) is 2. The number of benzene rings is 1. The molecule has 7 heteroatoms. The lowest BCUT2D eigenvalue weighted by atomic mass is 10.2. The summed E-state index contributed by atoms with van der Waals surface area (Å²) >= 11 is 0. The van der Waals surface area contributed by atoms with Crippen molar-refractivity contribution in [1.29, 1.82) is 0 Å². The minimum absolute atomic E-state index is 0.185. The van der Waals surface area contributed by atoms with Crippen LogP contribution in [0.25, 0.3) is 0 Å². The van der Waals surface area contributed by atoms with Gasteiger partial charge in [-0.1, -0.05) is 0 Å². The number of aryl methyl sites for hydroxylation is 1. The van der Waals surface area contributed by atoms with Crippen molar-refractivity contribution in [1.82, 2.24) is 4.72 Å². The quantitative estimate of drug-likeness (QED) is 0.821. The number of nitrogens with zero attached hydrogens (tertiary/aromatic N) is 1. The summed E-state index contributed by atoms with van der Waals surface area (Å²) in [5.74, 6) is 0.833. The van der Waals surface area contributed by atoms with Crippen LogP contribution in [0.1, 0.15) is 11.3 Å². The van der Waals surface area contributed by atoms with Gasteiger partial charge in [-0.05, 0) is 38.2 Å². The zero-order valence-corrected chi connectivity index (χ0v) is 13.1. The molecule has 0 aliphatic heterocycles. The van der Waals surface area contributed by atoms with E-state index in [-0.39, 0.29) is 4.90 Å². The highest BCUT2D eigenvalue weighted by Gasteiger charge is 2.16. The molecule has 114 valence electrons. The van der Waals surface area contributed by atoms with E-state index in [4.69, 9.17) is 10.2 Å². The number of nitrogens with one attached hydrogen (secondary N) is 1. The maximum atomic E-state index is 11.9. The summed E-state index contributed by atoms with van der Waals surface area (Å²) in [7, 11) is -0.258. The predicted molar refractivity (Wildman–Crippen MR) is 82.7 cm³/mol. The molecule has 2 rings (SSSR count). The lowest BCUT2D eigenvalue weighted by Crippen LogP contribution is -2.21. The maximum Gasteiger partial charge on any atom is 0.240 e. The second-order valence-corrected chi connectivity index (χ2v) is 6.67. The Balaban J connectivity index is 2.35. The molecule has 1 heterocycles. The van der Waals surface area contributed by atoms with E-state index in [0.29, 0.717) is 17.9 Å². The molecule has 0 saturated carbocycles. The van der Waals surface area contributed by atoms with Crippen LogP contribution >= 0.6 is 0 Å². The molecule has 0 spiro atoms. The zero-order valence-electron chi connectivity index (χ0n) is 12.3. The van der Waals surface area contributed by atoms with Crippen molar-refractivity contribution in [2.45, 2.75) is 18.4 Å². The number of nitrogen functional groups attached to an aromatic ring is 1. The van der Waals surface area contributed by atoms with Crippen molar-refractivity contribution in [3.8, 4) is 0 Å². The highest BCUT2D eigenvalue weighted by Crippen LogP contribution is 2.27. The van der Waals surface area contributed by atoms with Crippen LogP contribution in [-0.4, -0.2) is 22.5 Å². The second kappa shape index (κ2) is 5.79. The molecule has 0 saturated heterocycles. The molecule has 6 nitrogen and oxygen atoms in total. The van der Waals surface area contributed by atoms with Crippen LogP contribution in [-0.2, 0) is 16.6 Å². The van der Waals surface area contributed by atoms with E-state index in [1.807, 2.05) is 24.9 Å². The Morgan fingerprint density at radius 3 is 2.62 bits per heavy atom. The van der Waals surface area contributed by atoms with Gasteiger partial charge >= 0.3 is 0 Å². The monoisotopic (exact) mass is 309 g/mol. The fourth-order valence-electron chi connectivity index (χ4n) is 2.06. The third kappa shape index (κ3) is 3.20. The van der Waals surface area contributed by atoms with Crippen molar-refractivity contribution in [2.75, 3.05) is 24.7 Å². The molecular formula is C14H19N3O3S. The largest absolute Gasteiger partial charge is 0.469 e. The highest BCUT2D eigenvalue weighted by molar-refractivity contribution is 7.89. The minimum Gasteiger partial charge on any atom is -0.469 e. The molecule has 0 bridgehead atoms. The van der Waals surface area contributed by atoms with Crippen molar-refractivity contribution >= 4 is 21.4 Å². The number of sulfonamides is 1. The first-order chi connectivity index (χ1) is 9.85. The standard InChI is InChI=1S/C14H19N3O3S/c1-10-11(6-7-20-10)9-17(3)14-8-12(4-5-13(14)15)21(18,19)16-2/h4-8,16H,9,15H2,1-3H3. The van der Waals surface area contributed by atoms with Gasteiger partial charge in [0.2, 0.25) is 10.0 Å². The number of nitrogens with two attached hydrogens (primary N) is 1. The van der Waals surface area contributed by atoms with E-state index >= 15 is 0 Å². The minimum atomic E-state index is -3.49.